The number of carbonyl (C=O) groups excluding carboxylic acids is 1. The SMILES string of the molecule is O=C(Nc1c(F)cccc1C(=O)O)c1cc(Cl)ccc1Br. The second kappa shape index (κ2) is 6.24. The van der Waals surface area contributed by atoms with Gasteiger partial charge in [0.1, 0.15) is 5.82 Å². The lowest BCUT2D eigenvalue weighted by molar-refractivity contribution is 0.0697. The molecule has 0 bridgehead atoms. The third-order valence-electron chi connectivity index (χ3n) is 2.66. The first-order valence-corrected chi connectivity index (χ1v) is 6.85. The molecule has 1 amide bonds. The van der Waals surface area contributed by atoms with Crippen LogP contribution in [0.2, 0.25) is 5.02 Å². The summed E-state index contributed by atoms with van der Waals surface area (Å²) in [4.78, 5) is 23.2. The van der Waals surface area contributed by atoms with E-state index in [-0.39, 0.29) is 16.8 Å². The zero-order valence-electron chi connectivity index (χ0n) is 10.4. The van der Waals surface area contributed by atoms with E-state index in [2.05, 4.69) is 21.2 Å². The molecule has 108 valence electrons. The van der Waals surface area contributed by atoms with Gasteiger partial charge in [0.15, 0.2) is 0 Å². The summed E-state index contributed by atoms with van der Waals surface area (Å²) in [6.07, 6.45) is 0. The van der Waals surface area contributed by atoms with Crippen molar-refractivity contribution in [2.45, 2.75) is 0 Å². The molecule has 0 unspecified atom stereocenters. The molecule has 4 nitrogen and oxygen atoms in total. The van der Waals surface area contributed by atoms with Gasteiger partial charge in [-0.2, -0.15) is 0 Å². The van der Waals surface area contributed by atoms with Crippen molar-refractivity contribution in [2.75, 3.05) is 5.32 Å². The van der Waals surface area contributed by atoms with Crippen LogP contribution < -0.4 is 5.32 Å². The Morgan fingerprint density at radius 3 is 2.57 bits per heavy atom. The number of hydrogen-bond acceptors (Lipinski definition) is 2. The smallest absolute Gasteiger partial charge is 0.337 e. The van der Waals surface area contributed by atoms with Crippen LogP contribution in [0.5, 0.6) is 0 Å². The van der Waals surface area contributed by atoms with Crippen LogP contribution in [0, 0.1) is 5.82 Å². The summed E-state index contributed by atoms with van der Waals surface area (Å²) in [5.74, 6) is -2.84. The van der Waals surface area contributed by atoms with E-state index in [9.17, 15) is 14.0 Å². The number of halogens is 3. The van der Waals surface area contributed by atoms with E-state index >= 15 is 0 Å². The zero-order chi connectivity index (χ0) is 15.6. The number of carboxylic acids is 1. The van der Waals surface area contributed by atoms with Gasteiger partial charge in [-0.05, 0) is 46.3 Å². The lowest BCUT2D eigenvalue weighted by atomic mass is 10.1. The molecule has 0 fully saturated rings. The zero-order valence-corrected chi connectivity index (χ0v) is 12.7. The van der Waals surface area contributed by atoms with Crippen molar-refractivity contribution in [3.63, 3.8) is 0 Å². The number of para-hydroxylation sites is 1. The second-order valence-electron chi connectivity index (χ2n) is 4.05. The van der Waals surface area contributed by atoms with Crippen LogP contribution in [-0.2, 0) is 0 Å². The van der Waals surface area contributed by atoms with E-state index in [1.807, 2.05) is 0 Å². The maximum Gasteiger partial charge on any atom is 0.337 e. The van der Waals surface area contributed by atoms with Gasteiger partial charge in [0, 0.05) is 9.50 Å². The first kappa shape index (κ1) is 15.5. The predicted octanol–water partition coefficient (Wildman–Crippen LogP) is 4.19. The summed E-state index contributed by atoms with van der Waals surface area (Å²) in [6, 6.07) is 8.06. The lowest BCUT2D eigenvalue weighted by Crippen LogP contribution is -2.16. The lowest BCUT2D eigenvalue weighted by Gasteiger charge is -2.10. The molecule has 0 heterocycles. The van der Waals surface area contributed by atoms with Crippen LogP contribution in [0.15, 0.2) is 40.9 Å². The molecule has 21 heavy (non-hydrogen) atoms. The van der Waals surface area contributed by atoms with Crippen LogP contribution >= 0.6 is 27.5 Å². The Balaban J connectivity index is 2.41. The number of carbonyl (C=O) groups is 2. The molecule has 0 atom stereocenters. The fraction of sp³-hybridized carbons (Fsp3) is 0. The number of benzene rings is 2. The van der Waals surface area contributed by atoms with E-state index in [1.165, 1.54) is 18.2 Å². The molecule has 0 spiro atoms. The minimum Gasteiger partial charge on any atom is -0.478 e. The van der Waals surface area contributed by atoms with E-state index in [0.717, 1.165) is 6.07 Å². The Morgan fingerprint density at radius 1 is 1.19 bits per heavy atom. The summed E-state index contributed by atoms with van der Waals surface area (Å²) in [5, 5.41) is 11.6. The van der Waals surface area contributed by atoms with E-state index < -0.39 is 17.7 Å². The molecule has 0 saturated heterocycles. The Morgan fingerprint density at radius 2 is 1.90 bits per heavy atom. The van der Waals surface area contributed by atoms with Crippen molar-refractivity contribution in [3.8, 4) is 0 Å². The maximum absolute atomic E-state index is 13.8. The number of nitrogens with one attached hydrogen (secondary N) is 1. The van der Waals surface area contributed by atoms with E-state index in [1.54, 1.807) is 12.1 Å². The fourth-order valence-corrected chi connectivity index (χ4v) is 2.28. The number of amides is 1. The minimum atomic E-state index is -1.34. The van der Waals surface area contributed by atoms with Crippen LogP contribution in [0.25, 0.3) is 0 Å². The highest BCUT2D eigenvalue weighted by molar-refractivity contribution is 9.10. The summed E-state index contributed by atoms with van der Waals surface area (Å²) >= 11 is 8.99. The van der Waals surface area contributed by atoms with Crippen molar-refractivity contribution in [2.24, 2.45) is 0 Å². The van der Waals surface area contributed by atoms with E-state index in [4.69, 9.17) is 16.7 Å². The van der Waals surface area contributed by atoms with Crippen LogP contribution in [-0.4, -0.2) is 17.0 Å². The number of carboxylic acid groups (broad SMARTS) is 1. The van der Waals surface area contributed by atoms with Crippen molar-refractivity contribution < 1.29 is 19.1 Å². The molecule has 0 aliphatic heterocycles. The molecular weight excluding hydrogens is 365 g/mol. The van der Waals surface area contributed by atoms with Gasteiger partial charge in [0.05, 0.1) is 16.8 Å². The summed E-state index contributed by atoms with van der Waals surface area (Å²) in [7, 11) is 0. The third kappa shape index (κ3) is 3.40. The largest absolute Gasteiger partial charge is 0.478 e. The average Bonchev–Trinajstić information content (AvgIpc) is 2.43. The highest BCUT2D eigenvalue weighted by atomic mass is 79.9. The molecule has 0 aliphatic rings. The Bertz CT molecular complexity index is 736. The van der Waals surface area contributed by atoms with E-state index in [0.29, 0.717) is 9.50 Å². The molecule has 0 aromatic heterocycles. The standard InChI is InChI=1S/C14H8BrClFNO3/c15-10-5-4-7(16)6-9(10)13(19)18-12-8(14(20)21)2-1-3-11(12)17/h1-6H,(H,18,19)(H,20,21). The molecule has 7 heteroatoms. The monoisotopic (exact) mass is 371 g/mol. The number of aromatic carboxylic acids is 1. The van der Waals surface area contributed by atoms with Gasteiger partial charge in [-0.1, -0.05) is 17.7 Å². The van der Waals surface area contributed by atoms with Crippen molar-refractivity contribution in [3.05, 3.63) is 62.8 Å². The molecule has 2 N–H and O–H groups in total. The number of anilines is 1. The van der Waals surface area contributed by atoms with Crippen LogP contribution in [0.4, 0.5) is 10.1 Å². The normalized spacial score (nSPS) is 10.2. The first-order chi connectivity index (χ1) is 9.90. The Labute approximate surface area is 132 Å². The van der Waals surface area contributed by atoms with Crippen LogP contribution in [0.3, 0.4) is 0 Å². The summed E-state index contributed by atoms with van der Waals surface area (Å²) in [6.45, 7) is 0. The topological polar surface area (TPSA) is 66.4 Å². The fourth-order valence-electron chi connectivity index (χ4n) is 1.68. The first-order valence-electron chi connectivity index (χ1n) is 5.68. The van der Waals surface area contributed by atoms with Gasteiger partial charge in [0.2, 0.25) is 0 Å². The predicted molar refractivity (Wildman–Crippen MR) is 80.5 cm³/mol. The van der Waals surface area contributed by atoms with Gasteiger partial charge in [-0.15, -0.1) is 0 Å². The van der Waals surface area contributed by atoms with Crippen molar-refractivity contribution in [1.82, 2.24) is 0 Å². The molecule has 2 aromatic rings. The van der Waals surface area contributed by atoms with Gasteiger partial charge in [0.25, 0.3) is 5.91 Å². The van der Waals surface area contributed by atoms with Crippen molar-refractivity contribution >= 4 is 45.1 Å². The molecule has 0 saturated carbocycles. The highest BCUT2D eigenvalue weighted by Gasteiger charge is 2.18. The van der Waals surface area contributed by atoms with Gasteiger partial charge in [-0.25, -0.2) is 9.18 Å². The number of rotatable bonds is 3. The second-order valence-corrected chi connectivity index (χ2v) is 5.34. The summed E-state index contributed by atoms with van der Waals surface area (Å²) in [5.41, 5.74) is -0.550. The minimum absolute atomic E-state index is 0.169. The molecule has 2 aromatic carbocycles. The quantitative estimate of drug-likeness (QED) is 0.849. The highest BCUT2D eigenvalue weighted by Crippen LogP contribution is 2.25. The molecule has 0 radical (unpaired) electrons. The van der Waals surface area contributed by atoms with Gasteiger partial charge in [-0.3, -0.25) is 4.79 Å². The average molecular weight is 373 g/mol. The van der Waals surface area contributed by atoms with Gasteiger partial charge < -0.3 is 10.4 Å². The molecular formula is C14H8BrClFNO3. The maximum atomic E-state index is 13.8. The molecule has 2 rings (SSSR count). The van der Waals surface area contributed by atoms with Crippen molar-refractivity contribution in [1.29, 1.82) is 0 Å². The summed E-state index contributed by atoms with van der Waals surface area (Å²) < 4.78 is 14.2. The molecule has 0 aliphatic carbocycles. The third-order valence-corrected chi connectivity index (χ3v) is 3.58. The van der Waals surface area contributed by atoms with Gasteiger partial charge >= 0.3 is 5.97 Å². The number of hydrogen-bond donors (Lipinski definition) is 2. The Hall–Kier alpha value is -1.92. The van der Waals surface area contributed by atoms with Crippen LogP contribution in [0.1, 0.15) is 20.7 Å². The Kier molecular flexibility index (Phi) is 4.59.